The molecule has 106 valence electrons. The molecule has 0 bridgehead atoms. The normalized spacial score (nSPS) is 26.2. The van der Waals surface area contributed by atoms with Gasteiger partial charge in [-0.15, -0.1) is 0 Å². The van der Waals surface area contributed by atoms with Crippen molar-refractivity contribution in [2.24, 2.45) is 5.73 Å². The second-order valence-corrected chi connectivity index (χ2v) is 6.52. The van der Waals surface area contributed by atoms with Gasteiger partial charge in [0.1, 0.15) is 5.82 Å². The number of hydrogen-bond acceptors (Lipinski definition) is 2. The summed E-state index contributed by atoms with van der Waals surface area (Å²) in [6, 6.07) is 7.09. The van der Waals surface area contributed by atoms with Crippen molar-refractivity contribution >= 4 is 0 Å². The molecule has 1 aromatic carbocycles. The monoisotopic (exact) mass is 264 g/mol. The summed E-state index contributed by atoms with van der Waals surface area (Å²) in [5.74, 6) is -0.178. The lowest BCUT2D eigenvalue weighted by molar-refractivity contribution is 0.0754. The molecule has 0 radical (unpaired) electrons. The van der Waals surface area contributed by atoms with Crippen molar-refractivity contribution in [3.63, 3.8) is 0 Å². The van der Waals surface area contributed by atoms with Crippen LogP contribution in [0.2, 0.25) is 0 Å². The van der Waals surface area contributed by atoms with Crippen molar-refractivity contribution in [2.45, 2.75) is 57.7 Å². The van der Waals surface area contributed by atoms with E-state index in [0.717, 1.165) is 31.4 Å². The standard InChI is InChI=1S/C16H25FN2/c1-16(2,3)19-10-5-4-9-14(18)15(19)12-7-6-8-13(17)11-12/h6-8,11,14-15H,4-5,9-10,18H2,1-3H3. The maximum Gasteiger partial charge on any atom is 0.123 e. The number of halogens is 1. The molecular formula is C16H25FN2. The van der Waals surface area contributed by atoms with Crippen molar-refractivity contribution in [1.82, 2.24) is 4.90 Å². The van der Waals surface area contributed by atoms with E-state index in [9.17, 15) is 4.39 Å². The molecule has 0 aromatic heterocycles. The Morgan fingerprint density at radius 3 is 2.63 bits per heavy atom. The lowest BCUT2D eigenvalue weighted by Crippen LogP contribution is -2.49. The van der Waals surface area contributed by atoms with E-state index in [1.807, 2.05) is 6.07 Å². The lowest BCUT2D eigenvalue weighted by atomic mass is 9.92. The van der Waals surface area contributed by atoms with Crippen molar-refractivity contribution < 1.29 is 4.39 Å². The summed E-state index contributed by atoms with van der Waals surface area (Å²) in [5.41, 5.74) is 7.43. The Bertz CT molecular complexity index is 425. The average molecular weight is 264 g/mol. The summed E-state index contributed by atoms with van der Waals surface area (Å²) in [5, 5.41) is 0. The topological polar surface area (TPSA) is 29.3 Å². The van der Waals surface area contributed by atoms with E-state index in [0.29, 0.717) is 0 Å². The van der Waals surface area contributed by atoms with E-state index in [4.69, 9.17) is 5.73 Å². The minimum absolute atomic E-state index is 0.0406. The molecule has 2 unspecified atom stereocenters. The molecule has 1 heterocycles. The third kappa shape index (κ3) is 3.34. The number of hydrogen-bond donors (Lipinski definition) is 1. The molecule has 2 atom stereocenters. The number of rotatable bonds is 1. The molecule has 0 amide bonds. The highest BCUT2D eigenvalue weighted by Gasteiger charge is 2.35. The van der Waals surface area contributed by atoms with Gasteiger partial charge in [-0.3, -0.25) is 4.90 Å². The van der Waals surface area contributed by atoms with Crippen LogP contribution in [-0.2, 0) is 0 Å². The molecule has 0 spiro atoms. The van der Waals surface area contributed by atoms with Crippen LogP contribution >= 0.6 is 0 Å². The van der Waals surface area contributed by atoms with Crippen LogP contribution in [0.15, 0.2) is 24.3 Å². The number of likely N-dealkylation sites (tertiary alicyclic amines) is 1. The van der Waals surface area contributed by atoms with Crippen molar-refractivity contribution in [2.75, 3.05) is 6.54 Å². The van der Waals surface area contributed by atoms with Gasteiger partial charge in [-0.05, 0) is 57.9 Å². The summed E-state index contributed by atoms with van der Waals surface area (Å²) >= 11 is 0. The van der Waals surface area contributed by atoms with Crippen molar-refractivity contribution in [1.29, 1.82) is 0 Å². The first-order valence-corrected chi connectivity index (χ1v) is 7.17. The fourth-order valence-corrected chi connectivity index (χ4v) is 3.06. The Kier molecular flexibility index (Phi) is 4.26. The Hall–Kier alpha value is -0.930. The second kappa shape index (κ2) is 5.59. The molecule has 2 N–H and O–H groups in total. The average Bonchev–Trinajstić information content (AvgIpc) is 2.50. The Morgan fingerprint density at radius 2 is 2.00 bits per heavy atom. The van der Waals surface area contributed by atoms with E-state index in [1.165, 1.54) is 6.07 Å². The minimum Gasteiger partial charge on any atom is -0.326 e. The Morgan fingerprint density at radius 1 is 1.26 bits per heavy atom. The summed E-state index contributed by atoms with van der Waals surface area (Å²) in [4.78, 5) is 2.43. The molecular weight excluding hydrogens is 239 g/mol. The van der Waals surface area contributed by atoms with Crippen molar-refractivity contribution in [3.05, 3.63) is 35.6 Å². The van der Waals surface area contributed by atoms with Gasteiger partial charge in [0.15, 0.2) is 0 Å². The summed E-state index contributed by atoms with van der Waals surface area (Å²) < 4.78 is 13.5. The molecule has 1 fully saturated rings. The highest BCUT2D eigenvalue weighted by atomic mass is 19.1. The molecule has 2 rings (SSSR count). The second-order valence-electron chi connectivity index (χ2n) is 6.52. The van der Waals surface area contributed by atoms with E-state index < -0.39 is 0 Å². The number of benzene rings is 1. The first-order chi connectivity index (χ1) is 8.89. The molecule has 1 saturated heterocycles. The van der Waals surface area contributed by atoms with E-state index in [2.05, 4.69) is 25.7 Å². The molecule has 0 saturated carbocycles. The Balaban J connectivity index is 2.40. The number of nitrogens with two attached hydrogens (primary N) is 1. The van der Waals surface area contributed by atoms with Gasteiger partial charge < -0.3 is 5.73 Å². The van der Waals surface area contributed by atoms with Gasteiger partial charge in [0.25, 0.3) is 0 Å². The minimum atomic E-state index is -0.178. The zero-order valence-electron chi connectivity index (χ0n) is 12.2. The van der Waals surface area contributed by atoms with Crippen LogP contribution < -0.4 is 5.73 Å². The predicted molar refractivity (Wildman–Crippen MR) is 77.4 cm³/mol. The third-order valence-corrected chi connectivity index (χ3v) is 3.98. The van der Waals surface area contributed by atoms with Crippen LogP contribution in [0.4, 0.5) is 4.39 Å². The smallest absolute Gasteiger partial charge is 0.123 e. The molecule has 2 nitrogen and oxygen atoms in total. The molecule has 3 heteroatoms. The first-order valence-electron chi connectivity index (χ1n) is 7.17. The van der Waals surface area contributed by atoms with E-state index in [1.54, 1.807) is 12.1 Å². The van der Waals surface area contributed by atoms with Gasteiger partial charge in [-0.1, -0.05) is 18.6 Å². The van der Waals surface area contributed by atoms with Crippen LogP contribution in [0.25, 0.3) is 0 Å². The van der Waals surface area contributed by atoms with Crippen LogP contribution in [0.3, 0.4) is 0 Å². The first kappa shape index (κ1) is 14.5. The maximum absolute atomic E-state index is 13.5. The fourth-order valence-electron chi connectivity index (χ4n) is 3.06. The summed E-state index contributed by atoms with van der Waals surface area (Å²) in [6.07, 6.45) is 3.32. The molecule has 1 aliphatic heterocycles. The summed E-state index contributed by atoms with van der Waals surface area (Å²) in [7, 11) is 0. The zero-order valence-corrected chi connectivity index (χ0v) is 12.2. The van der Waals surface area contributed by atoms with Gasteiger partial charge in [-0.25, -0.2) is 4.39 Å². The van der Waals surface area contributed by atoms with Gasteiger partial charge in [0.2, 0.25) is 0 Å². The van der Waals surface area contributed by atoms with Crippen LogP contribution in [0, 0.1) is 5.82 Å². The highest BCUT2D eigenvalue weighted by Crippen LogP contribution is 2.34. The van der Waals surface area contributed by atoms with Crippen LogP contribution in [0.5, 0.6) is 0 Å². The quantitative estimate of drug-likeness (QED) is 0.841. The molecule has 19 heavy (non-hydrogen) atoms. The van der Waals surface area contributed by atoms with Gasteiger partial charge in [0, 0.05) is 11.6 Å². The van der Waals surface area contributed by atoms with Gasteiger partial charge in [0.05, 0.1) is 6.04 Å². The van der Waals surface area contributed by atoms with E-state index in [-0.39, 0.29) is 23.4 Å². The predicted octanol–water partition coefficient (Wildman–Crippen LogP) is 3.48. The van der Waals surface area contributed by atoms with E-state index >= 15 is 0 Å². The van der Waals surface area contributed by atoms with Crippen LogP contribution in [-0.4, -0.2) is 23.0 Å². The lowest BCUT2D eigenvalue weighted by Gasteiger charge is -2.43. The third-order valence-electron chi connectivity index (χ3n) is 3.98. The zero-order chi connectivity index (χ0) is 14.0. The van der Waals surface area contributed by atoms with Gasteiger partial charge >= 0.3 is 0 Å². The fraction of sp³-hybridized carbons (Fsp3) is 0.625. The van der Waals surface area contributed by atoms with Gasteiger partial charge in [-0.2, -0.15) is 0 Å². The largest absolute Gasteiger partial charge is 0.326 e. The maximum atomic E-state index is 13.5. The van der Waals surface area contributed by atoms with Crippen molar-refractivity contribution in [3.8, 4) is 0 Å². The Labute approximate surface area is 115 Å². The SMILES string of the molecule is CC(C)(C)N1CCCCC(N)C1c1cccc(F)c1. The number of nitrogens with zero attached hydrogens (tertiary/aromatic N) is 1. The molecule has 1 aliphatic rings. The highest BCUT2D eigenvalue weighted by molar-refractivity contribution is 5.23. The summed E-state index contributed by atoms with van der Waals surface area (Å²) in [6.45, 7) is 7.64. The van der Waals surface area contributed by atoms with Crippen LogP contribution in [0.1, 0.15) is 51.6 Å². The molecule has 0 aliphatic carbocycles. The molecule has 1 aromatic rings.